The minimum Gasteiger partial charge on any atom is -0.368 e. The van der Waals surface area contributed by atoms with E-state index in [1.807, 2.05) is 0 Å². The van der Waals surface area contributed by atoms with Crippen LogP contribution in [0.5, 0.6) is 0 Å². The molecule has 1 fully saturated rings. The topological polar surface area (TPSA) is 98.0 Å². The predicted octanol–water partition coefficient (Wildman–Crippen LogP) is 0.456. The number of primary amides is 1. The van der Waals surface area contributed by atoms with Gasteiger partial charge in [-0.25, -0.2) is 0 Å². The Morgan fingerprint density at radius 3 is 2.59 bits per heavy atom. The van der Waals surface area contributed by atoms with E-state index in [4.69, 9.17) is 5.73 Å². The second-order valence-corrected chi connectivity index (χ2v) is 4.86. The van der Waals surface area contributed by atoms with Gasteiger partial charge in [0.25, 0.3) is 5.91 Å². The van der Waals surface area contributed by atoms with Crippen LogP contribution in [0.1, 0.15) is 42.6 Å². The molecule has 17 heavy (non-hydrogen) atoms. The van der Waals surface area contributed by atoms with Crippen molar-refractivity contribution in [2.45, 2.75) is 37.6 Å². The van der Waals surface area contributed by atoms with E-state index < -0.39 is 11.4 Å². The van der Waals surface area contributed by atoms with Crippen LogP contribution in [0.2, 0.25) is 0 Å². The molecule has 3 N–H and O–H groups in total. The Morgan fingerprint density at radius 2 is 2.06 bits per heavy atom. The summed E-state index contributed by atoms with van der Waals surface area (Å²) in [6.07, 6.45) is 4.08. The highest BCUT2D eigenvalue weighted by Gasteiger charge is 2.39. The first-order valence-corrected chi connectivity index (χ1v) is 6.37. The van der Waals surface area contributed by atoms with Crippen molar-refractivity contribution >= 4 is 23.3 Å². The molecular weight excluding hydrogens is 240 g/mol. The van der Waals surface area contributed by atoms with E-state index in [1.165, 1.54) is 0 Å². The van der Waals surface area contributed by atoms with Gasteiger partial charge in [-0.2, -0.15) is 0 Å². The second-order valence-electron chi connectivity index (χ2n) is 4.25. The van der Waals surface area contributed by atoms with E-state index in [2.05, 4.69) is 14.9 Å². The molecule has 1 aromatic heterocycles. The summed E-state index contributed by atoms with van der Waals surface area (Å²) in [5, 5.41) is 7.95. The zero-order valence-electron chi connectivity index (χ0n) is 9.31. The summed E-state index contributed by atoms with van der Waals surface area (Å²) in [6.45, 7) is 0. The molecule has 0 aliphatic heterocycles. The zero-order valence-corrected chi connectivity index (χ0v) is 10.1. The molecule has 1 heterocycles. The number of rotatable bonds is 3. The van der Waals surface area contributed by atoms with E-state index in [0.717, 1.165) is 30.8 Å². The van der Waals surface area contributed by atoms with Gasteiger partial charge in [0.05, 0.1) is 0 Å². The third-order valence-corrected chi connectivity index (χ3v) is 3.63. The molecule has 0 spiro atoms. The number of nitrogens with one attached hydrogen (secondary N) is 1. The third-order valence-electron chi connectivity index (χ3n) is 3.12. The van der Waals surface area contributed by atoms with Crippen LogP contribution in [0.15, 0.2) is 5.38 Å². The van der Waals surface area contributed by atoms with Crippen LogP contribution in [-0.2, 0) is 4.79 Å². The average Bonchev–Trinajstić information content (AvgIpc) is 2.83. The van der Waals surface area contributed by atoms with E-state index in [-0.39, 0.29) is 11.6 Å². The highest BCUT2D eigenvalue weighted by molar-refractivity contribution is 7.03. The fourth-order valence-electron chi connectivity index (χ4n) is 2.13. The summed E-state index contributed by atoms with van der Waals surface area (Å²) in [7, 11) is 0. The number of amides is 2. The van der Waals surface area contributed by atoms with Gasteiger partial charge in [0.1, 0.15) is 5.54 Å². The van der Waals surface area contributed by atoms with Crippen LogP contribution in [0.3, 0.4) is 0 Å². The van der Waals surface area contributed by atoms with Gasteiger partial charge in [0.15, 0.2) is 5.69 Å². The molecule has 0 atom stereocenters. The Morgan fingerprint density at radius 1 is 1.35 bits per heavy atom. The van der Waals surface area contributed by atoms with Crippen LogP contribution in [0, 0.1) is 0 Å². The molecule has 1 aliphatic rings. The van der Waals surface area contributed by atoms with Crippen LogP contribution in [0.25, 0.3) is 0 Å². The number of carbonyl (C=O) groups excluding carboxylic acids is 2. The Bertz CT molecular complexity index is 412. The molecule has 0 aromatic carbocycles. The van der Waals surface area contributed by atoms with Crippen molar-refractivity contribution in [3.8, 4) is 0 Å². The largest absolute Gasteiger partial charge is 0.368 e. The van der Waals surface area contributed by atoms with Crippen LogP contribution in [0.4, 0.5) is 0 Å². The molecule has 0 unspecified atom stereocenters. The summed E-state index contributed by atoms with van der Waals surface area (Å²) < 4.78 is 3.62. The first-order valence-electron chi connectivity index (χ1n) is 5.53. The quantitative estimate of drug-likeness (QED) is 0.818. The molecule has 6 nitrogen and oxygen atoms in total. The first kappa shape index (κ1) is 12.0. The normalized spacial score (nSPS) is 18.6. The Kier molecular flexibility index (Phi) is 3.37. The number of nitrogens with zero attached hydrogens (tertiary/aromatic N) is 2. The van der Waals surface area contributed by atoms with Crippen LogP contribution < -0.4 is 11.1 Å². The lowest BCUT2D eigenvalue weighted by Gasteiger charge is -2.34. The summed E-state index contributed by atoms with van der Waals surface area (Å²) in [4.78, 5) is 23.4. The lowest BCUT2D eigenvalue weighted by atomic mass is 9.81. The highest BCUT2D eigenvalue weighted by Crippen LogP contribution is 2.28. The fourth-order valence-corrected chi connectivity index (χ4v) is 2.57. The van der Waals surface area contributed by atoms with Gasteiger partial charge in [-0.3, -0.25) is 9.59 Å². The van der Waals surface area contributed by atoms with Crippen molar-refractivity contribution in [2.24, 2.45) is 5.73 Å². The van der Waals surface area contributed by atoms with Crippen molar-refractivity contribution in [2.75, 3.05) is 0 Å². The van der Waals surface area contributed by atoms with Gasteiger partial charge >= 0.3 is 0 Å². The smallest absolute Gasteiger partial charge is 0.273 e. The average molecular weight is 254 g/mol. The van der Waals surface area contributed by atoms with Gasteiger partial charge in [0.2, 0.25) is 5.91 Å². The SMILES string of the molecule is NC(=O)C1(NC(=O)c2csnn2)CCCCC1. The van der Waals surface area contributed by atoms with Gasteiger partial charge in [-0.1, -0.05) is 23.8 Å². The third kappa shape index (κ3) is 2.44. The maximum absolute atomic E-state index is 11.9. The van der Waals surface area contributed by atoms with Gasteiger partial charge in [0, 0.05) is 5.38 Å². The predicted molar refractivity (Wildman–Crippen MR) is 62.4 cm³/mol. The first-order chi connectivity index (χ1) is 8.14. The number of hydrogen-bond donors (Lipinski definition) is 2. The van der Waals surface area contributed by atoms with Gasteiger partial charge in [-0.15, -0.1) is 5.10 Å². The fraction of sp³-hybridized carbons (Fsp3) is 0.600. The van der Waals surface area contributed by atoms with Crippen molar-refractivity contribution in [1.82, 2.24) is 14.9 Å². The molecule has 1 aliphatic carbocycles. The summed E-state index contributed by atoms with van der Waals surface area (Å²) in [6, 6.07) is 0. The van der Waals surface area contributed by atoms with Crippen LogP contribution in [-0.4, -0.2) is 26.9 Å². The maximum atomic E-state index is 11.9. The molecule has 92 valence electrons. The second kappa shape index (κ2) is 4.79. The van der Waals surface area contributed by atoms with Crippen molar-refractivity contribution in [1.29, 1.82) is 0 Å². The Hall–Kier alpha value is -1.50. The van der Waals surface area contributed by atoms with E-state index >= 15 is 0 Å². The Balaban J connectivity index is 2.13. The molecule has 1 saturated carbocycles. The monoisotopic (exact) mass is 254 g/mol. The lowest BCUT2D eigenvalue weighted by molar-refractivity contribution is -0.125. The zero-order chi connectivity index (χ0) is 12.3. The molecular formula is C10H14N4O2S. The maximum Gasteiger partial charge on any atom is 0.273 e. The summed E-state index contributed by atoms with van der Waals surface area (Å²) >= 11 is 1.10. The van der Waals surface area contributed by atoms with Crippen molar-refractivity contribution < 1.29 is 9.59 Å². The number of aromatic nitrogens is 2. The van der Waals surface area contributed by atoms with Gasteiger partial charge in [-0.05, 0) is 24.4 Å². The van der Waals surface area contributed by atoms with E-state index in [1.54, 1.807) is 5.38 Å². The Labute approximate surface area is 103 Å². The van der Waals surface area contributed by atoms with E-state index in [9.17, 15) is 9.59 Å². The number of hydrogen-bond acceptors (Lipinski definition) is 5. The molecule has 1 aromatic rings. The van der Waals surface area contributed by atoms with E-state index in [0.29, 0.717) is 12.8 Å². The minimum absolute atomic E-state index is 0.237. The molecule has 0 bridgehead atoms. The van der Waals surface area contributed by atoms with Crippen molar-refractivity contribution in [3.63, 3.8) is 0 Å². The number of carbonyl (C=O) groups is 2. The van der Waals surface area contributed by atoms with Crippen molar-refractivity contribution in [3.05, 3.63) is 11.1 Å². The standard InChI is InChI=1S/C10H14N4O2S/c11-9(16)10(4-2-1-3-5-10)12-8(15)7-6-17-14-13-7/h6H,1-5H2,(H2,11,16)(H,12,15). The lowest BCUT2D eigenvalue weighted by Crippen LogP contribution is -2.58. The summed E-state index contributed by atoms with van der Waals surface area (Å²) in [5.41, 5.74) is 4.75. The summed E-state index contributed by atoms with van der Waals surface area (Å²) in [5.74, 6) is -0.840. The minimum atomic E-state index is -0.904. The molecule has 0 radical (unpaired) electrons. The molecule has 0 saturated heterocycles. The van der Waals surface area contributed by atoms with Gasteiger partial charge < -0.3 is 11.1 Å². The molecule has 2 amide bonds. The highest BCUT2D eigenvalue weighted by atomic mass is 32.1. The molecule has 7 heteroatoms. The number of nitrogens with two attached hydrogens (primary N) is 1. The van der Waals surface area contributed by atoms with Crippen LogP contribution >= 0.6 is 11.5 Å². The molecule has 2 rings (SSSR count).